The van der Waals surface area contributed by atoms with Gasteiger partial charge in [-0.1, -0.05) is 30.3 Å². The fourth-order valence-corrected chi connectivity index (χ4v) is 2.42. The maximum absolute atomic E-state index is 12.9. The summed E-state index contributed by atoms with van der Waals surface area (Å²) >= 11 is 0. The predicted octanol–water partition coefficient (Wildman–Crippen LogP) is 4.32. The van der Waals surface area contributed by atoms with Gasteiger partial charge in [0.2, 0.25) is 0 Å². The maximum atomic E-state index is 12.9. The molecular weight excluding hydrogens is 371 g/mol. The lowest BCUT2D eigenvalue weighted by molar-refractivity contribution is -0.127. The van der Waals surface area contributed by atoms with Crippen molar-refractivity contribution in [3.05, 3.63) is 95.8 Å². The van der Waals surface area contributed by atoms with E-state index in [1.54, 1.807) is 43.3 Å². The first kappa shape index (κ1) is 20.1. The first-order valence-corrected chi connectivity index (χ1v) is 9.12. The summed E-state index contributed by atoms with van der Waals surface area (Å²) in [4.78, 5) is 12.0. The Morgan fingerprint density at radius 2 is 1.69 bits per heavy atom. The molecule has 0 aromatic heterocycles. The lowest BCUT2D eigenvalue weighted by atomic mass is 10.2. The second-order valence-corrected chi connectivity index (χ2v) is 6.29. The first-order chi connectivity index (χ1) is 14.1. The fraction of sp³-hybridized carbons (Fsp3) is 0.130. The molecule has 148 valence electrons. The standard InChI is InChI=1S/C23H21FN2O3/c1-17(29-22-5-3-2-4-6-22)23(27)26-25-15-18-9-13-21(14-10-18)28-16-19-7-11-20(24)12-8-19/h2-15,17H,16H2,1H3,(H,26,27). The van der Waals surface area contributed by atoms with Gasteiger partial charge in [0, 0.05) is 0 Å². The normalized spacial score (nSPS) is 11.8. The molecule has 6 heteroatoms. The Labute approximate surface area is 168 Å². The summed E-state index contributed by atoms with van der Waals surface area (Å²) in [7, 11) is 0. The van der Waals surface area contributed by atoms with Gasteiger partial charge in [0.15, 0.2) is 6.10 Å². The molecule has 0 heterocycles. The van der Waals surface area contributed by atoms with Crippen molar-refractivity contribution in [2.45, 2.75) is 19.6 Å². The SMILES string of the molecule is CC(Oc1ccccc1)C(=O)NN=Cc1ccc(OCc2ccc(F)cc2)cc1. The van der Waals surface area contributed by atoms with Crippen LogP contribution in [0.1, 0.15) is 18.1 Å². The highest BCUT2D eigenvalue weighted by atomic mass is 19.1. The number of carbonyl (C=O) groups excluding carboxylic acids is 1. The smallest absolute Gasteiger partial charge is 0.280 e. The molecule has 0 radical (unpaired) electrons. The van der Waals surface area contributed by atoms with Crippen LogP contribution >= 0.6 is 0 Å². The Hall–Kier alpha value is -3.67. The molecule has 0 spiro atoms. The number of hydrogen-bond donors (Lipinski definition) is 1. The summed E-state index contributed by atoms with van der Waals surface area (Å²) in [5, 5.41) is 3.95. The molecule has 3 aromatic carbocycles. The zero-order valence-electron chi connectivity index (χ0n) is 15.9. The Kier molecular flexibility index (Phi) is 6.95. The van der Waals surface area contributed by atoms with Crippen LogP contribution in [0.4, 0.5) is 4.39 Å². The van der Waals surface area contributed by atoms with E-state index in [2.05, 4.69) is 10.5 Å². The lowest BCUT2D eigenvalue weighted by Crippen LogP contribution is -2.33. The Morgan fingerprint density at radius 1 is 1.00 bits per heavy atom. The van der Waals surface area contributed by atoms with Crippen molar-refractivity contribution in [3.63, 3.8) is 0 Å². The Bertz CT molecular complexity index is 942. The molecule has 3 aromatic rings. The lowest BCUT2D eigenvalue weighted by Gasteiger charge is -2.12. The molecule has 0 aliphatic heterocycles. The molecule has 1 unspecified atom stereocenters. The van der Waals surface area contributed by atoms with Gasteiger partial charge in [0.1, 0.15) is 23.9 Å². The number of para-hydroxylation sites is 1. The molecule has 1 amide bonds. The molecule has 5 nitrogen and oxygen atoms in total. The van der Waals surface area contributed by atoms with Crippen LogP contribution in [0.3, 0.4) is 0 Å². The third kappa shape index (κ3) is 6.46. The van der Waals surface area contributed by atoms with Gasteiger partial charge < -0.3 is 9.47 Å². The van der Waals surface area contributed by atoms with Crippen LogP contribution in [-0.4, -0.2) is 18.2 Å². The second kappa shape index (κ2) is 10.0. The molecule has 1 N–H and O–H groups in total. The van der Waals surface area contributed by atoms with Crippen LogP contribution in [-0.2, 0) is 11.4 Å². The average Bonchev–Trinajstić information content (AvgIpc) is 2.75. The van der Waals surface area contributed by atoms with Crippen LogP contribution in [0.25, 0.3) is 0 Å². The number of benzene rings is 3. The van der Waals surface area contributed by atoms with Crippen LogP contribution in [0, 0.1) is 5.82 Å². The number of carbonyl (C=O) groups is 1. The van der Waals surface area contributed by atoms with Crippen molar-refractivity contribution in [3.8, 4) is 11.5 Å². The van der Waals surface area contributed by atoms with E-state index in [-0.39, 0.29) is 11.7 Å². The molecular formula is C23H21FN2O3. The van der Waals surface area contributed by atoms with Gasteiger partial charge in [-0.2, -0.15) is 5.10 Å². The molecule has 0 aliphatic rings. The summed E-state index contributed by atoms with van der Waals surface area (Å²) in [6.07, 6.45) is 0.869. The van der Waals surface area contributed by atoms with E-state index < -0.39 is 6.10 Å². The van der Waals surface area contributed by atoms with Crippen molar-refractivity contribution in [2.24, 2.45) is 5.10 Å². The number of rotatable bonds is 8. The maximum Gasteiger partial charge on any atom is 0.280 e. The molecule has 1 atom stereocenters. The molecule has 29 heavy (non-hydrogen) atoms. The summed E-state index contributed by atoms with van der Waals surface area (Å²) in [5.74, 6) is 0.686. The number of nitrogens with one attached hydrogen (secondary N) is 1. The number of hydrogen-bond acceptors (Lipinski definition) is 4. The zero-order valence-corrected chi connectivity index (χ0v) is 15.9. The summed E-state index contributed by atoms with van der Waals surface area (Å²) < 4.78 is 24.1. The third-order valence-corrected chi connectivity index (χ3v) is 4.01. The Balaban J connectivity index is 1.45. The van der Waals surface area contributed by atoms with Gasteiger partial charge in [0.05, 0.1) is 6.21 Å². The van der Waals surface area contributed by atoms with E-state index in [1.165, 1.54) is 18.3 Å². The van der Waals surface area contributed by atoms with Crippen molar-refractivity contribution >= 4 is 12.1 Å². The van der Waals surface area contributed by atoms with E-state index in [0.29, 0.717) is 18.1 Å². The van der Waals surface area contributed by atoms with E-state index in [1.807, 2.05) is 30.3 Å². The third-order valence-electron chi connectivity index (χ3n) is 4.01. The van der Waals surface area contributed by atoms with E-state index >= 15 is 0 Å². The van der Waals surface area contributed by atoms with E-state index in [9.17, 15) is 9.18 Å². The van der Waals surface area contributed by atoms with Crippen molar-refractivity contribution in [1.29, 1.82) is 0 Å². The highest BCUT2D eigenvalue weighted by molar-refractivity contribution is 5.84. The van der Waals surface area contributed by atoms with Gasteiger partial charge in [-0.3, -0.25) is 4.79 Å². The molecule has 0 saturated carbocycles. The van der Waals surface area contributed by atoms with Crippen molar-refractivity contribution < 1.29 is 18.7 Å². The minimum atomic E-state index is -0.670. The number of ether oxygens (including phenoxy) is 2. The van der Waals surface area contributed by atoms with Crippen LogP contribution in [0.15, 0.2) is 84.0 Å². The monoisotopic (exact) mass is 392 g/mol. The number of halogens is 1. The number of hydrazone groups is 1. The topological polar surface area (TPSA) is 59.9 Å². The summed E-state index contributed by atoms with van der Waals surface area (Å²) in [5.41, 5.74) is 4.14. The minimum Gasteiger partial charge on any atom is -0.489 e. The van der Waals surface area contributed by atoms with E-state index in [4.69, 9.17) is 9.47 Å². The number of amides is 1. The zero-order chi connectivity index (χ0) is 20.5. The summed E-state index contributed by atoms with van der Waals surface area (Å²) in [6.45, 7) is 2.01. The van der Waals surface area contributed by atoms with Gasteiger partial charge in [-0.05, 0) is 66.6 Å². The fourth-order valence-electron chi connectivity index (χ4n) is 2.42. The van der Waals surface area contributed by atoms with Crippen molar-refractivity contribution in [1.82, 2.24) is 5.43 Å². The predicted molar refractivity (Wildman–Crippen MR) is 109 cm³/mol. The van der Waals surface area contributed by atoms with Crippen LogP contribution in [0.2, 0.25) is 0 Å². The minimum absolute atomic E-state index is 0.273. The first-order valence-electron chi connectivity index (χ1n) is 9.12. The largest absolute Gasteiger partial charge is 0.489 e. The molecule has 0 fully saturated rings. The average molecular weight is 392 g/mol. The van der Waals surface area contributed by atoms with Gasteiger partial charge >= 0.3 is 0 Å². The Morgan fingerprint density at radius 3 is 2.38 bits per heavy atom. The van der Waals surface area contributed by atoms with Crippen LogP contribution in [0.5, 0.6) is 11.5 Å². The molecule has 3 rings (SSSR count). The quantitative estimate of drug-likeness (QED) is 0.459. The van der Waals surface area contributed by atoms with Gasteiger partial charge in [-0.15, -0.1) is 0 Å². The van der Waals surface area contributed by atoms with Gasteiger partial charge in [-0.25, -0.2) is 9.82 Å². The van der Waals surface area contributed by atoms with Crippen LogP contribution < -0.4 is 14.9 Å². The number of nitrogens with zero attached hydrogens (tertiary/aromatic N) is 1. The second-order valence-electron chi connectivity index (χ2n) is 6.29. The van der Waals surface area contributed by atoms with Crippen molar-refractivity contribution in [2.75, 3.05) is 0 Å². The molecule has 0 bridgehead atoms. The molecule has 0 saturated heterocycles. The molecule has 0 aliphatic carbocycles. The highest BCUT2D eigenvalue weighted by Crippen LogP contribution is 2.14. The highest BCUT2D eigenvalue weighted by Gasteiger charge is 2.13. The van der Waals surface area contributed by atoms with E-state index in [0.717, 1.165) is 11.1 Å². The summed E-state index contributed by atoms with van der Waals surface area (Å²) in [6, 6.07) is 22.5. The van der Waals surface area contributed by atoms with Gasteiger partial charge in [0.25, 0.3) is 5.91 Å².